The number of rotatable bonds is 3. The Kier molecular flexibility index (Phi) is 3.21. The van der Waals surface area contributed by atoms with Gasteiger partial charge in [0.1, 0.15) is 18.0 Å². The highest BCUT2D eigenvalue weighted by atomic mass is 32.1. The Morgan fingerprint density at radius 3 is 2.71 bits per heavy atom. The van der Waals surface area contributed by atoms with Gasteiger partial charge in [0.15, 0.2) is 6.19 Å². The first-order valence-electron chi connectivity index (χ1n) is 4.95. The molecular formula is C11H11N5S. The lowest BCUT2D eigenvalue weighted by Crippen LogP contribution is -2.14. The molecule has 0 bridgehead atoms. The lowest BCUT2D eigenvalue weighted by Gasteiger charge is -2.17. The van der Waals surface area contributed by atoms with E-state index in [1.165, 1.54) is 11.2 Å². The summed E-state index contributed by atoms with van der Waals surface area (Å²) in [5, 5.41) is 11.9. The van der Waals surface area contributed by atoms with Crippen LogP contribution in [-0.2, 0) is 0 Å². The molecule has 2 aromatic heterocycles. The molecular weight excluding hydrogens is 234 g/mol. The van der Waals surface area contributed by atoms with Crippen molar-refractivity contribution < 1.29 is 0 Å². The first-order valence-corrected chi connectivity index (χ1v) is 5.83. The van der Waals surface area contributed by atoms with Crippen LogP contribution < -0.4 is 9.80 Å². The van der Waals surface area contributed by atoms with Crippen LogP contribution in [0.15, 0.2) is 29.9 Å². The molecule has 5 nitrogen and oxygen atoms in total. The normalized spacial score (nSPS) is 9.71. The van der Waals surface area contributed by atoms with Crippen LogP contribution in [0.5, 0.6) is 0 Å². The van der Waals surface area contributed by atoms with E-state index in [-0.39, 0.29) is 0 Å². The van der Waals surface area contributed by atoms with E-state index in [1.807, 2.05) is 35.7 Å². The minimum atomic E-state index is 0.584. The summed E-state index contributed by atoms with van der Waals surface area (Å²) in [6, 6.07) is 5.78. The molecule has 2 heterocycles. The molecule has 0 atom stereocenters. The minimum absolute atomic E-state index is 0.584. The lowest BCUT2D eigenvalue weighted by atomic mass is 10.4. The molecule has 2 rings (SSSR count). The third kappa shape index (κ3) is 2.34. The van der Waals surface area contributed by atoms with Crippen molar-refractivity contribution in [2.24, 2.45) is 0 Å². The predicted molar refractivity (Wildman–Crippen MR) is 68.4 cm³/mol. The summed E-state index contributed by atoms with van der Waals surface area (Å²) in [5.41, 5.74) is 0. The molecule has 0 amide bonds. The van der Waals surface area contributed by atoms with Crippen molar-refractivity contribution in [2.45, 2.75) is 0 Å². The maximum atomic E-state index is 8.81. The van der Waals surface area contributed by atoms with Crippen LogP contribution in [0.4, 0.5) is 16.6 Å². The van der Waals surface area contributed by atoms with E-state index in [1.54, 1.807) is 24.5 Å². The van der Waals surface area contributed by atoms with Gasteiger partial charge in [0.2, 0.25) is 0 Å². The van der Waals surface area contributed by atoms with E-state index in [0.717, 1.165) is 10.8 Å². The van der Waals surface area contributed by atoms with Crippen molar-refractivity contribution in [3.8, 4) is 6.19 Å². The van der Waals surface area contributed by atoms with Gasteiger partial charge in [-0.1, -0.05) is 0 Å². The van der Waals surface area contributed by atoms with Gasteiger partial charge < -0.3 is 4.90 Å². The van der Waals surface area contributed by atoms with E-state index in [9.17, 15) is 0 Å². The maximum absolute atomic E-state index is 8.81. The summed E-state index contributed by atoms with van der Waals surface area (Å²) in [6.45, 7) is 0. The van der Waals surface area contributed by atoms with E-state index in [2.05, 4.69) is 9.97 Å². The Morgan fingerprint density at radius 2 is 2.06 bits per heavy atom. The van der Waals surface area contributed by atoms with Gasteiger partial charge in [-0.25, -0.2) is 9.97 Å². The van der Waals surface area contributed by atoms with E-state index < -0.39 is 0 Å². The summed E-state index contributed by atoms with van der Waals surface area (Å²) in [4.78, 5) is 11.6. The standard InChI is InChI=1S/C11H11N5S/c1-15(7-12)9-6-10(14-8-13-9)16(2)11-4-3-5-17-11/h3-6,8H,1-2H3. The summed E-state index contributed by atoms with van der Waals surface area (Å²) in [7, 11) is 3.60. The molecule has 0 unspecified atom stereocenters. The average Bonchev–Trinajstić information content (AvgIpc) is 2.91. The molecule has 86 valence electrons. The van der Waals surface area contributed by atoms with Crippen molar-refractivity contribution >= 4 is 28.0 Å². The topological polar surface area (TPSA) is 56.1 Å². The van der Waals surface area contributed by atoms with Crippen LogP contribution in [0.3, 0.4) is 0 Å². The van der Waals surface area contributed by atoms with Gasteiger partial charge in [0.05, 0.1) is 5.00 Å². The zero-order chi connectivity index (χ0) is 12.3. The monoisotopic (exact) mass is 245 g/mol. The highest BCUT2D eigenvalue weighted by Crippen LogP contribution is 2.27. The molecule has 0 N–H and O–H groups in total. The largest absolute Gasteiger partial charge is 0.321 e. The lowest BCUT2D eigenvalue weighted by molar-refractivity contribution is 1.05. The third-order valence-electron chi connectivity index (χ3n) is 2.31. The highest BCUT2D eigenvalue weighted by molar-refractivity contribution is 7.14. The van der Waals surface area contributed by atoms with Crippen LogP contribution in [-0.4, -0.2) is 24.1 Å². The van der Waals surface area contributed by atoms with Crippen molar-refractivity contribution in [1.29, 1.82) is 5.26 Å². The summed E-state index contributed by atoms with van der Waals surface area (Å²) in [5.74, 6) is 1.35. The highest BCUT2D eigenvalue weighted by Gasteiger charge is 2.09. The fourth-order valence-corrected chi connectivity index (χ4v) is 2.03. The van der Waals surface area contributed by atoms with Crippen LogP contribution in [0, 0.1) is 11.5 Å². The van der Waals surface area contributed by atoms with Gasteiger partial charge in [-0.3, -0.25) is 4.90 Å². The summed E-state index contributed by atoms with van der Waals surface area (Å²) >= 11 is 1.63. The van der Waals surface area contributed by atoms with E-state index >= 15 is 0 Å². The quantitative estimate of drug-likeness (QED) is 0.613. The number of hydrogen-bond donors (Lipinski definition) is 0. The van der Waals surface area contributed by atoms with Gasteiger partial charge in [-0.05, 0) is 17.5 Å². The molecule has 0 radical (unpaired) electrons. The Morgan fingerprint density at radius 1 is 1.29 bits per heavy atom. The molecule has 0 aliphatic carbocycles. The van der Waals surface area contributed by atoms with Gasteiger partial charge >= 0.3 is 0 Å². The van der Waals surface area contributed by atoms with Crippen molar-refractivity contribution in [2.75, 3.05) is 23.9 Å². The Balaban J connectivity index is 2.31. The molecule has 6 heteroatoms. The van der Waals surface area contributed by atoms with Crippen molar-refractivity contribution in [1.82, 2.24) is 9.97 Å². The molecule has 17 heavy (non-hydrogen) atoms. The van der Waals surface area contributed by atoms with Gasteiger partial charge in [0.25, 0.3) is 0 Å². The number of anilines is 3. The number of aromatic nitrogens is 2. The molecule has 0 saturated carbocycles. The number of nitriles is 1. The molecule has 0 aromatic carbocycles. The number of hydrogen-bond acceptors (Lipinski definition) is 6. The van der Waals surface area contributed by atoms with Crippen LogP contribution in [0.25, 0.3) is 0 Å². The predicted octanol–water partition coefficient (Wildman–Crippen LogP) is 2.22. The number of nitrogens with zero attached hydrogens (tertiary/aromatic N) is 5. The van der Waals surface area contributed by atoms with Gasteiger partial charge in [-0.2, -0.15) is 5.26 Å². The molecule has 0 spiro atoms. The van der Waals surface area contributed by atoms with Crippen molar-refractivity contribution in [3.05, 3.63) is 29.9 Å². The average molecular weight is 245 g/mol. The Hall–Kier alpha value is -2.13. The van der Waals surface area contributed by atoms with Crippen molar-refractivity contribution in [3.63, 3.8) is 0 Å². The Bertz CT molecular complexity index is 531. The van der Waals surface area contributed by atoms with Gasteiger partial charge in [-0.15, -0.1) is 11.3 Å². The fraction of sp³-hybridized carbons (Fsp3) is 0.182. The minimum Gasteiger partial charge on any atom is -0.321 e. The second kappa shape index (κ2) is 4.80. The fourth-order valence-electron chi connectivity index (χ4n) is 1.33. The van der Waals surface area contributed by atoms with E-state index in [0.29, 0.717) is 5.82 Å². The Labute approximate surface area is 104 Å². The third-order valence-corrected chi connectivity index (χ3v) is 3.26. The van der Waals surface area contributed by atoms with Crippen LogP contribution >= 0.6 is 11.3 Å². The smallest absolute Gasteiger partial charge is 0.185 e. The first-order chi connectivity index (χ1) is 8.22. The molecule has 0 saturated heterocycles. The SMILES string of the molecule is CN(C#N)c1cc(N(C)c2cccs2)ncn1. The summed E-state index contributed by atoms with van der Waals surface area (Å²) in [6.07, 6.45) is 3.47. The zero-order valence-electron chi connectivity index (χ0n) is 9.53. The first kappa shape index (κ1) is 11.4. The van der Waals surface area contributed by atoms with E-state index in [4.69, 9.17) is 5.26 Å². The van der Waals surface area contributed by atoms with Crippen LogP contribution in [0.2, 0.25) is 0 Å². The molecule has 0 fully saturated rings. The molecule has 0 aliphatic rings. The second-order valence-electron chi connectivity index (χ2n) is 3.40. The maximum Gasteiger partial charge on any atom is 0.185 e. The molecule has 0 aliphatic heterocycles. The zero-order valence-corrected chi connectivity index (χ0v) is 10.3. The second-order valence-corrected chi connectivity index (χ2v) is 4.33. The van der Waals surface area contributed by atoms with Crippen LogP contribution in [0.1, 0.15) is 0 Å². The number of thiophene rings is 1. The summed E-state index contributed by atoms with van der Waals surface area (Å²) < 4.78 is 0. The molecule has 2 aromatic rings. The van der Waals surface area contributed by atoms with Gasteiger partial charge in [0, 0.05) is 20.2 Å².